The first kappa shape index (κ1) is 28.2. The minimum atomic E-state index is -0.261. The van der Waals surface area contributed by atoms with Crippen LogP contribution >= 0.6 is 0 Å². The molecule has 1 aliphatic heterocycles. The second-order valence-electron chi connectivity index (χ2n) is 9.70. The lowest BCUT2D eigenvalue weighted by Crippen LogP contribution is -2.37. The van der Waals surface area contributed by atoms with E-state index >= 15 is 0 Å². The molecule has 0 saturated carbocycles. The molecule has 0 spiro atoms. The van der Waals surface area contributed by atoms with Gasteiger partial charge >= 0.3 is 0 Å². The van der Waals surface area contributed by atoms with Crippen LogP contribution in [0.15, 0.2) is 116 Å². The Balaban J connectivity index is 1.57. The summed E-state index contributed by atoms with van der Waals surface area (Å²) in [6, 6.07) is 16.4. The molecule has 3 aromatic rings. The summed E-state index contributed by atoms with van der Waals surface area (Å²) in [5.74, 6) is -0.261. The van der Waals surface area contributed by atoms with Crippen molar-refractivity contribution in [3.63, 3.8) is 0 Å². The fraction of sp³-hybridized carbons (Fsp3) is 0.182. The summed E-state index contributed by atoms with van der Waals surface area (Å²) >= 11 is 0. The minimum Gasteiger partial charge on any atom is -0.384 e. The maximum atomic E-state index is 13.4. The molecule has 0 unspecified atom stereocenters. The first-order chi connectivity index (χ1) is 19.3. The highest BCUT2D eigenvalue weighted by atomic mass is 19.1. The molecule has 0 bridgehead atoms. The third-order valence-corrected chi connectivity index (χ3v) is 6.99. The third kappa shape index (κ3) is 6.80. The van der Waals surface area contributed by atoms with Crippen molar-refractivity contribution in [2.24, 2.45) is 0 Å². The van der Waals surface area contributed by atoms with Gasteiger partial charge in [0.05, 0.1) is 22.8 Å². The number of nitrogens with one attached hydrogen (secondary N) is 5. The molecular weight excluding hydrogens is 499 g/mol. The summed E-state index contributed by atoms with van der Waals surface area (Å²) in [4.78, 5) is 5.39. The van der Waals surface area contributed by atoms with Gasteiger partial charge in [0.25, 0.3) is 0 Å². The average Bonchev–Trinajstić information content (AvgIpc) is 3.51. The molecule has 0 radical (unpaired) electrons. The maximum Gasteiger partial charge on any atom is 0.123 e. The van der Waals surface area contributed by atoms with Gasteiger partial charge in [-0.25, -0.2) is 4.39 Å². The zero-order valence-electron chi connectivity index (χ0n) is 23.0. The molecule has 0 aliphatic carbocycles. The normalized spacial score (nSPS) is 13.0. The smallest absolute Gasteiger partial charge is 0.123 e. The topological polar surface area (TPSA) is 79.0 Å². The minimum absolute atomic E-state index is 0.261. The van der Waals surface area contributed by atoms with Crippen LogP contribution in [0.4, 0.5) is 15.8 Å². The van der Waals surface area contributed by atoms with Gasteiger partial charge in [-0.15, -0.1) is 0 Å². The zero-order valence-corrected chi connectivity index (χ0v) is 23.0. The number of hydrogen-bond acceptors (Lipinski definition) is 5. The van der Waals surface area contributed by atoms with Gasteiger partial charge in [0.15, 0.2) is 0 Å². The van der Waals surface area contributed by atoms with E-state index in [9.17, 15) is 4.39 Å². The molecule has 206 valence electrons. The summed E-state index contributed by atoms with van der Waals surface area (Å²) in [5, 5.41) is 19.3. The molecular formula is C33H37FN6. The molecule has 0 atom stereocenters. The number of hydrogen-bond donors (Lipinski definition) is 5. The highest BCUT2D eigenvalue weighted by Crippen LogP contribution is 2.28. The molecule has 40 heavy (non-hydrogen) atoms. The van der Waals surface area contributed by atoms with E-state index in [1.54, 1.807) is 18.2 Å². The Morgan fingerprint density at radius 1 is 1.10 bits per heavy atom. The molecule has 1 aliphatic rings. The Morgan fingerprint density at radius 3 is 2.55 bits per heavy atom. The van der Waals surface area contributed by atoms with Crippen molar-refractivity contribution in [2.75, 3.05) is 23.7 Å². The molecule has 2 aromatic carbocycles. The first-order valence-corrected chi connectivity index (χ1v) is 13.3. The second-order valence-corrected chi connectivity index (χ2v) is 9.70. The van der Waals surface area contributed by atoms with Gasteiger partial charge in [-0.1, -0.05) is 51.4 Å². The van der Waals surface area contributed by atoms with Crippen molar-refractivity contribution in [3.05, 3.63) is 138 Å². The van der Waals surface area contributed by atoms with Crippen LogP contribution in [-0.2, 0) is 13.0 Å². The van der Waals surface area contributed by atoms with Crippen molar-refractivity contribution < 1.29 is 4.39 Å². The molecule has 0 amide bonds. The Morgan fingerprint density at radius 2 is 1.88 bits per heavy atom. The van der Waals surface area contributed by atoms with Crippen LogP contribution in [0, 0.1) is 11.2 Å². The number of aryl methyl sites for hydroxylation is 1. The summed E-state index contributed by atoms with van der Waals surface area (Å²) in [6.07, 6.45) is 5.12. The van der Waals surface area contributed by atoms with Crippen molar-refractivity contribution >= 4 is 22.8 Å². The standard InChI is InChI=1S/C33H37FN6/c1-6-22(3)38-32-19-28(15-12-26(32)7-2)39-23(4)33(35)29-21-40(24(5)30-9-8-17-36-30)18-16-31(29)37-20-25-10-13-27(34)14-11-25/h6,8-15,17,19,35-39H,1,3-5,7,16,18,20-21H2,2H3. The molecule has 0 saturated heterocycles. The van der Waals surface area contributed by atoms with Crippen LogP contribution in [0.1, 0.15) is 30.2 Å². The van der Waals surface area contributed by atoms with E-state index in [0.29, 0.717) is 36.6 Å². The molecule has 0 fully saturated rings. The lowest BCUT2D eigenvalue weighted by Gasteiger charge is -2.34. The number of rotatable bonds is 13. The van der Waals surface area contributed by atoms with Crippen LogP contribution in [0.5, 0.6) is 0 Å². The fourth-order valence-electron chi connectivity index (χ4n) is 4.63. The summed E-state index contributed by atoms with van der Waals surface area (Å²) in [7, 11) is 0. The fourth-order valence-corrected chi connectivity index (χ4v) is 4.63. The maximum absolute atomic E-state index is 13.4. The zero-order chi connectivity index (χ0) is 28.6. The lowest BCUT2D eigenvalue weighted by molar-refractivity contribution is 0.406. The van der Waals surface area contributed by atoms with Crippen LogP contribution in [-0.4, -0.2) is 28.7 Å². The predicted octanol–water partition coefficient (Wildman–Crippen LogP) is 7.19. The van der Waals surface area contributed by atoms with Gasteiger partial charge in [0, 0.05) is 60.6 Å². The molecule has 4 rings (SSSR count). The highest BCUT2D eigenvalue weighted by molar-refractivity contribution is 6.12. The second kappa shape index (κ2) is 12.8. The van der Waals surface area contributed by atoms with E-state index in [1.807, 2.05) is 30.5 Å². The van der Waals surface area contributed by atoms with E-state index in [2.05, 4.69) is 65.1 Å². The van der Waals surface area contributed by atoms with E-state index < -0.39 is 0 Å². The van der Waals surface area contributed by atoms with Crippen molar-refractivity contribution in [1.82, 2.24) is 15.2 Å². The Labute approximate surface area is 236 Å². The van der Waals surface area contributed by atoms with Gasteiger partial charge in [0.1, 0.15) is 5.82 Å². The summed E-state index contributed by atoms with van der Waals surface area (Å²) in [5.41, 5.74) is 9.01. The quantitative estimate of drug-likeness (QED) is 0.118. The van der Waals surface area contributed by atoms with Crippen LogP contribution < -0.4 is 16.0 Å². The molecule has 1 aromatic heterocycles. The van der Waals surface area contributed by atoms with E-state index in [1.165, 1.54) is 12.1 Å². The van der Waals surface area contributed by atoms with Crippen molar-refractivity contribution in [3.8, 4) is 0 Å². The molecule has 5 N–H and O–H groups in total. The number of anilines is 2. The SMILES string of the molecule is C=CC(=C)Nc1cc(NC(=C)C(=N)C2=C(NCc3ccc(F)cc3)CCN(C(=C)c3ccc[nH]3)C2)ccc1CC. The monoisotopic (exact) mass is 536 g/mol. The van der Waals surface area contributed by atoms with Gasteiger partial charge in [0.2, 0.25) is 0 Å². The highest BCUT2D eigenvalue weighted by Gasteiger charge is 2.25. The predicted molar refractivity (Wildman–Crippen MR) is 166 cm³/mol. The number of aromatic nitrogens is 1. The van der Waals surface area contributed by atoms with E-state index in [-0.39, 0.29) is 5.82 Å². The molecule has 2 heterocycles. The number of aromatic amines is 1. The van der Waals surface area contributed by atoms with Gasteiger partial charge in [-0.2, -0.15) is 0 Å². The third-order valence-electron chi connectivity index (χ3n) is 6.99. The van der Waals surface area contributed by atoms with Crippen molar-refractivity contribution in [2.45, 2.75) is 26.3 Å². The van der Waals surface area contributed by atoms with Gasteiger partial charge in [-0.05, 0) is 60.0 Å². The Kier molecular flexibility index (Phi) is 9.07. The van der Waals surface area contributed by atoms with Crippen molar-refractivity contribution in [1.29, 1.82) is 5.41 Å². The number of H-pyrrole nitrogens is 1. The lowest BCUT2D eigenvalue weighted by atomic mass is 9.98. The van der Waals surface area contributed by atoms with Crippen LogP contribution in [0.3, 0.4) is 0 Å². The van der Waals surface area contributed by atoms with Crippen LogP contribution in [0.25, 0.3) is 5.70 Å². The Hall–Kier alpha value is -4.78. The summed E-state index contributed by atoms with van der Waals surface area (Å²) in [6.45, 7) is 20.1. The first-order valence-electron chi connectivity index (χ1n) is 13.3. The number of benzene rings is 2. The largest absolute Gasteiger partial charge is 0.384 e. The number of halogens is 1. The van der Waals surface area contributed by atoms with Gasteiger partial charge < -0.3 is 25.8 Å². The Bertz CT molecular complexity index is 1450. The van der Waals surface area contributed by atoms with E-state index in [4.69, 9.17) is 5.41 Å². The number of nitrogens with zero attached hydrogens (tertiary/aromatic N) is 1. The van der Waals surface area contributed by atoms with E-state index in [0.717, 1.165) is 58.1 Å². The average molecular weight is 537 g/mol. The van der Waals surface area contributed by atoms with Gasteiger partial charge in [-0.3, -0.25) is 5.41 Å². The number of allylic oxidation sites excluding steroid dienone is 2. The summed E-state index contributed by atoms with van der Waals surface area (Å²) < 4.78 is 13.4. The molecule has 6 nitrogen and oxygen atoms in total. The molecule has 7 heteroatoms. The van der Waals surface area contributed by atoms with Crippen LogP contribution in [0.2, 0.25) is 0 Å².